The van der Waals surface area contributed by atoms with Gasteiger partial charge >= 0.3 is 0 Å². The number of hydrogen-bond acceptors (Lipinski definition) is 5. The molecule has 0 atom stereocenters. The summed E-state index contributed by atoms with van der Waals surface area (Å²) < 4.78 is 48.5. The van der Waals surface area contributed by atoms with Crippen molar-refractivity contribution in [3.05, 3.63) is 0 Å². The van der Waals surface area contributed by atoms with E-state index >= 15 is 0 Å². The standard InChI is InChI=1S/C7H19NO2SSi.C6H15ClSi.C4H8O.CH5NO2S/c1-7(2,3)12(5,6)8-11(4,9)10;1-6(2,3)8(4,5)7;1-2-4-5-3-1;1-5(2,3)4/h8H,1-6H3;1-5H3;1-4H2;1H3,(H2,2,3,4). The van der Waals surface area contributed by atoms with Crippen molar-refractivity contribution in [3.63, 3.8) is 0 Å². The first-order chi connectivity index (χ1) is 12.7. The minimum atomic E-state index is -3.17. The van der Waals surface area contributed by atoms with Crippen LogP contribution in [0.15, 0.2) is 0 Å². The molecule has 7 nitrogen and oxygen atoms in total. The van der Waals surface area contributed by atoms with Crippen molar-refractivity contribution in [1.29, 1.82) is 0 Å². The van der Waals surface area contributed by atoms with Gasteiger partial charge in [0.25, 0.3) is 0 Å². The Bertz CT molecular complexity index is 647. The lowest BCUT2D eigenvalue weighted by Gasteiger charge is -2.36. The van der Waals surface area contributed by atoms with Crippen LogP contribution < -0.4 is 9.53 Å². The van der Waals surface area contributed by atoms with Gasteiger partial charge in [0.1, 0.15) is 8.24 Å². The molecule has 3 N–H and O–H groups in total. The molecule has 0 aromatic heterocycles. The summed E-state index contributed by atoms with van der Waals surface area (Å²) in [5.74, 6) is 0. The van der Waals surface area contributed by atoms with Gasteiger partial charge in [-0.1, -0.05) is 67.7 Å². The minimum Gasteiger partial charge on any atom is -0.381 e. The van der Waals surface area contributed by atoms with Crippen LogP contribution >= 0.6 is 11.1 Å². The second-order valence-electron chi connectivity index (χ2n) is 10.6. The average molecular weight is 527 g/mol. The van der Waals surface area contributed by atoms with Crippen molar-refractivity contribution >= 4 is 46.7 Å². The molecule has 1 aliphatic rings. The molecule has 0 saturated carbocycles. The molecule has 1 rings (SSSR count). The highest BCUT2D eigenvalue weighted by Gasteiger charge is 2.37. The summed E-state index contributed by atoms with van der Waals surface area (Å²) in [5, 5.41) is 4.72. The molecule has 0 aliphatic carbocycles. The van der Waals surface area contributed by atoms with Crippen LogP contribution in [-0.2, 0) is 24.8 Å². The number of ether oxygens (including phenoxy) is 1. The topological polar surface area (TPSA) is 116 Å². The van der Waals surface area contributed by atoms with E-state index in [4.69, 9.17) is 15.8 Å². The molecule has 1 aliphatic heterocycles. The Morgan fingerprint density at radius 3 is 1.17 bits per heavy atom. The SMILES string of the molecule is C1CCOC1.CC(C)(C)[Si](C)(C)Cl.CC(C)(C)[Si](C)(C)NS(C)(=O)=O.CS(N)(=O)=O. The zero-order valence-corrected chi connectivity index (χ0v) is 25.5. The van der Waals surface area contributed by atoms with Crippen LogP contribution in [0.3, 0.4) is 0 Å². The summed E-state index contributed by atoms with van der Waals surface area (Å²) in [6.07, 6.45) is 4.71. The van der Waals surface area contributed by atoms with E-state index in [-0.39, 0.29) is 5.04 Å². The molecule has 0 spiro atoms. The highest BCUT2D eigenvalue weighted by atomic mass is 35.6. The summed E-state index contributed by atoms with van der Waals surface area (Å²) in [4.78, 5) is 0. The molecular weight excluding hydrogens is 480 g/mol. The number of sulfonamides is 2. The first-order valence-corrected chi connectivity index (χ1v) is 20.8. The van der Waals surface area contributed by atoms with E-state index in [0.717, 1.165) is 19.5 Å². The second-order valence-corrected chi connectivity index (χ2v) is 26.7. The molecule has 1 heterocycles. The predicted molar refractivity (Wildman–Crippen MR) is 137 cm³/mol. The van der Waals surface area contributed by atoms with Gasteiger partial charge in [-0.25, -0.2) is 26.4 Å². The van der Waals surface area contributed by atoms with Gasteiger partial charge in [0, 0.05) is 13.2 Å². The lowest BCUT2D eigenvalue weighted by molar-refractivity contribution is 0.198. The molecule has 0 bridgehead atoms. The summed E-state index contributed by atoms with van der Waals surface area (Å²) >= 11 is 6.15. The van der Waals surface area contributed by atoms with Crippen molar-refractivity contribution in [2.24, 2.45) is 5.14 Å². The summed E-state index contributed by atoms with van der Waals surface area (Å²) in [5.41, 5.74) is 0. The predicted octanol–water partition coefficient (Wildman–Crippen LogP) is 4.47. The lowest BCUT2D eigenvalue weighted by atomic mass is 10.2. The van der Waals surface area contributed by atoms with Gasteiger partial charge in [0.05, 0.1) is 12.5 Å². The molecule has 186 valence electrons. The van der Waals surface area contributed by atoms with Gasteiger partial charge in [0.2, 0.25) is 20.0 Å². The van der Waals surface area contributed by atoms with E-state index in [9.17, 15) is 16.8 Å². The molecule has 1 saturated heterocycles. The third-order valence-electron chi connectivity index (χ3n) is 4.93. The molecule has 0 aromatic carbocycles. The zero-order chi connectivity index (χ0) is 25.2. The fourth-order valence-corrected chi connectivity index (χ4v) is 6.06. The normalized spacial score (nSPS) is 15.7. The number of nitrogens with two attached hydrogens (primary N) is 1. The number of nitrogens with one attached hydrogen (secondary N) is 1. The van der Waals surface area contributed by atoms with Crippen LogP contribution in [0.1, 0.15) is 54.4 Å². The fraction of sp³-hybridized carbons (Fsp3) is 1.00. The van der Waals surface area contributed by atoms with E-state index in [1.165, 1.54) is 19.1 Å². The maximum absolute atomic E-state index is 11.0. The van der Waals surface area contributed by atoms with Crippen molar-refractivity contribution in [3.8, 4) is 0 Å². The molecule has 0 radical (unpaired) electrons. The first-order valence-electron chi connectivity index (χ1n) is 9.94. The average Bonchev–Trinajstić information content (AvgIpc) is 2.88. The third kappa shape index (κ3) is 24.8. The van der Waals surface area contributed by atoms with E-state index in [1.54, 1.807) is 0 Å². The number of rotatable bonds is 2. The summed E-state index contributed by atoms with van der Waals surface area (Å²) in [6.45, 7) is 23.2. The Hall–Kier alpha value is 0.504. The number of hydrogen-bond donors (Lipinski definition) is 2. The van der Waals surface area contributed by atoms with Crippen molar-refractivity contribution in [2.45, 2.75) is 90.6 Å². The fourth-order valence-electron chi connectivity index (χ4n) is 1.13. The maximum Gasteiger partial charge on any atom is 0.206 e. The van der Waals surface area contributed by atoms with Crippen molar-refractivity contribution in [2.75, 3.05) is 25.7 Å². The Morgan fingerprint density at radius 2 is 1.10 bits per heavy atom. The van der Waals surface area contributed by atoms with E-state index < -0.39 is 35.7 Å². The third-order valence-corrected chi connectivity index (χ3v) is 17.5. The van der Waals surface area contributed by atoms with Crippen LogP contribution in [0.4, 0.5) is 0 Å². The van der Waals surface area contributed by atoms with Crippen LogP contribution in [0.5, 0.6) is 0 Å². The van der Waals surface area contributed by atoms with Gasteiger partial charge in [0.15, 0.2) is 7.38 Å². The largest absolute Gasteiger partial charge is 0.381 e. The molecule has 12 heteroatoms. The summed E-state index contributed by atoms with van der Waals surface area (Å²) in [7, 11) is -9.48. The highest BCUT2D eigenvalue weighted by molar-refractivity contribution is 7.90. The molecule has 0 amide bonds. The van der Waals surface area contributed by atoms with Crippen molar-refractivity contribution in [1.82, 2.24) is 4.39 Å². The molecular formula is C18H47ClN2O5S2Si2. The Morgan fingerprint density at radius 1 is 0.833 bits per heavy atom. The Balaban J connectivity index is -0.000000348. The zero-order valence-electron chi connectivity index (χ0n) is 21.1. The molecule has 0 aromatic rings. The smallest absolute Gasteiger partial charge is 0.206 e. The maximum atomic E-state index is 11.0. The van der Waals surface area contributed by atoms with E-state index in [1.807, 2.05) is 13.1 Å². The Kier molecular flexibility index (Phi) is 15.5. The number of primary sulfonamides is 1. The van der Waals surface area contributed by atoms with Gasteiger partial charge in [-0.15, -0.1) is 0 Å². The Labute approximate surface area is 193 Å². The molecule has 0 unspecified atom stereocenters. The monoisotopic (exact) mass is 526 g/mol. The van der Waals surface area contributed by atoms with Gasteiger partial charge in [-0.2, -0.15) is 11.1 Å². The number of halogens is 1. The first kappa shape index (κ1) is 35.1. The highest BCUT2D eigenvalue weighted by Crippen LogP contribution is 2.38. The van der Waals surface area contributed by atoms with Gasteiger partial charge < -0.3 is 4.74 Å². The van der Waals surface area contributed by atoms with E-state index in [2.05, 4.69) is 64.2 Å². The van der Waals surface area contributed by atoms with Crippen LogP contribution in [0.2, 0.25) is 36.3 Å². The van der Waals surface area contributed by atoms with Gasteiger partial charge in [-0.3, -0.25) is 0 Å². The molecule has 30 heavy (non-hydrogen) atoms. The quantitative estimate of drug-likeness (QED) is 0.406. The van der Waals surface area contributed by atoms with Crippen LogP contribution in [0, 0.1) is 0 Å². The minimum absolute atomic E-state index is 0.0517. The lowest BCUT2D eigenvalue weighted by Crippen LogP contribution is -2.54. The van der Waals surface area contributed by atoms with Crippen LogP contribution in [-0.4, -0.2) is 58.2 Å². The van der Waals surface area contributed by atoms with E-state index in [0.29, 0.717) is 5.04 Å². The summed E-state index contributed by atoms with van der Waals surface area (Å²) in [6, 6.07) is 0. The van der Waals surface area contributed by atoms with Gasteiger partial charge in [-0.05, 0) is 22.9 Å². The second kappa shape index (κ2) is 13.3. The van der Waals surface area contributed by atoms with Crippen LogP contribution in [0.25, 0.3) is 0 Å². The van der Waals surface area contributed by atoms with Crippen molar-refractivity contribution < 1.29 is 21.6 Å². The molecule has 1 fully saturated rings.